The fourth-order valence-corrected chi connectivity index (χ4v) is 3.83. The van der Waals surface area contributed by atoms with Gasteiger partial charge >= 0.3 is 12.2 Å². The average Bonchev–Trinajstić information content (AvgIpc) is 2.87. The summed E-state index contributed by atoms with van der Waals surface area (Å²) in [6.07, 6.45) is -5.59. The molecule has 4 rings (SSSR count). The topological polar surface area (TPSA) is 79.9 Å². The Kier molecular flexibility index (Phi) is 7.05. The number of carbonyl (C=O) groups excluding carboxylic acids is 2. The van der Waals surface area contributed by atoms with Crippen molar-refractivity contribution in [3.8, 4) is 11.5 Å². The number of urea groups is 1. The van der Waals surface area contributed by atoms with Crippen LogP contribution < -0.4 is 25.0 Å². The number of nitrogens with one attached hydrogen (secondary N) is 2. The Labute approximate surface area is 205 Å². The highest BCUT2D eigenvalue weighted by Gasteiger charge is 2.35. The van der Waals surface area contributed by atoms with Crippen molar-refractivity contribution >= 4 is 23.3 Å². The smallest absolute Gasteiger partial charge is 0.416 e. The second-order valence-corrected chi connectivity index (χ2v) is 8.20. The van der Waals surface area contributed by atoms with Crippen molar-refractivity contribution in [3.05, 3.63) is 83.9 Å². The first-order valence-corrected chi connectivity index (χ1v) is 11.1. The number of benzene rings is 3. The first-order chi connectivity index (χ1) is 17.2. The highest BCUT2D eigenvalue weighted by molar-refractivity contribution is 6.04. The highest BCUT2D eigenvalue weighted by Crippen LogP contribution is 2.35. The van der Waals surface area contributed by atoms with Crippen molar-refractivity contribution in [2.45, 2.75) is 25.2 Å². The predicted molar refractivity (Wildman–Crippen MR) is 128 cm³/mol. The summed E-state index contributed by atoms with van der Waals surface area (Å²) < 4.78 is 50.3. The van der Waals surface area contributed by atoms with E-state index in [0.717, 1.165) is 17.7 Å². The van der Waals surface area contributed by atoms with Crippen molar-refractivity contribution in [3.63, 3.8) is 0 Å². The predicted octanol–water partition coefficient (Wildman–Crippen LogP) is 5.39. The van der Waals surface area contributed by atoms with Gasteiger partial charge in [-0.1, -0.05) is 30.3 Å². The summed E-state index contributed by atoms with van der Waals surface area (Å²) in [6, 6.07) is 17.2. The van der Waals surface area contributed by atoms with Crippen molar-refractivity contribution < 1.29 is 32.2 Å². The summed E-state index contributed by atoms with van der Waals surface area (Å²) in [5, 5.41) is 5.37. The van der Waals surface area contributed by atoms with E-state index in [0.29, 0.717) is 17.2 Å². The number of alkyl halides is 3. The third-order valence-corrected chi connectivity index (χ3v) is 5.70. The molecule has 1 unspecified atom stereocenters. The third-order valence-electron chi connectivity index (χ3n) is 5.70. The van der Waals surface area contributed by atoms with E-state index in [2.05, 4.69) is 10.6 Å². The van der Waals surface area contributed by atoms with Gasteiger partial charge in [-0.25, -0.2) is 4.79 Å². The first kappa shape index (κ1) is 24.9. The number of hydrogen-bond donors (Lipinski definition) is 2. The molecule has 7 nitrogen and oxygen atoms in total. The van der Waals surface area contributed by atoms with Gasteiger partial charge in [-0.15, -0.1) is 0 Å². The molecular formula is C26H24F3N3O4. The van der Waals surface area contributed by atoms with Gasteiger partial charge in [0.25, 0.3) is 5.91 Å². The number of nitrogens with zero attached hydrogens (tertiary/aromatic N) is 1. The van der Waals surface area contributed by atoms with Gasteiger partial charge in [-0.3, -0.25) is 9.69 Å². The highest BCUT2D eigenvalue weighted by atomic mass is 19.4. The van der Waals surface area contributed by atoms with Crippen molar-refractivity contribution in [2.75, 3.05) is 23.9 Å². The standard InChI is InChI=1S/C26H24F3N3O4/c1-16(17-7-5-10-20(13-17)35-2)30-24(33)23-15-32(21-11-3-4-12-22(21)36-23)25(34)31-19-9-6-8-18(14-19)26(27,28)29/h3-14,16,23H,15H2,1-2H3,(H,30,33)(H,31,34)/t16-,23?/m1/s1. The van der Waals surface area contributed by atoms with E-state index in [1.165, 1.54) is 17.0 Å². The second-order valence-electron chi connectivity index (χ2n) is 8.20. The maximum atomic E-state index is 13.1. The Bertz CT molecular complexity index is 1260. The maximum Gasteiger partial charge on any atom is 0.416 e. The molecular weight excluding hydrogens is 475 g/mol. The molecule has 2 N–H and O–H groups in total. The number of hydrogen-bond acceptors (Lipinski definition) is 4. The van der Waals surface area contributed by atoms with Gasteiger partial charge in [-0.2, -0.15) is 13.2 Å². The molecule has 0 bridgehead atoms. The molecule has 3 aromatic carbocycles. The molecule has 10 heteroatoms. The van der Waals surface area contributed by atoms with E-state index >= 15 is 0 Å². The van der Waals surface area contributed by atoms with Crippen LogP contribution in [0.15, 0.2) is 72.8 Å². The summed E-state index contributed by atoms with van der Waals surface area (Å²) in [4.78, 5) is 27.5. The summed E-state index contributed by atoms with van der Waals surface area (Å²) in [7, 11) is 1.55. The summed E-state index contributed by atoms with van der Waals surface area (Å²) in [6.45, 7) is 1.67. The Morgan fingerprint density at radius 1 is 1.06 bits per heavy atom. The zero-order valence-electron chi connectivity index (χ0n) is 19.5. The second kappa shape index (κ2) is 10.2. The third kappa shape index (κ3) is 5.54. The largest absolute Gasteiger partial charge is 0.497 e. The minimum atomic E-state index is -4.55. The molecule has 3 amide bonds. The van der Waals surface area contributed by atoms with Gasteiger partial charge in [-0.05, 0) is 55.0 Å². The summed E-state index contributed by atoms with van der Waals surface area (Å²) in [5.74, 6) is 0.502. The number of amides is 3. The number of methoxy groups -OCH3 is 1. The van der Waals surface area contributed by atoms with Crippen LogP contribution in [0.3, 0.4) is 0 Å². The summed E-state index contributed by atoms with van der Waals surface area (Å²) >= 11 is 0. The average molecular weight is 499 g/mol. The lowest BCUT2D eigenvalue weighted by Gasteiger charge is -2.34. The Morgan fingerprint density at radius 2 is 1.81 bits per heavy atom. The van der Waals surface area contributed by atoms with Crippen LogP contribution in [0.25, 0.3) is 0 Å². The molecule has 0 aliphatic carbocycles. The number of fused-ring (bicyclic) bond motifs is 1. The minimum absolute atomic E-state index is 0.0218. The maximum absolute atomic E-state index is 13.1. The lowest BCUT2D eigenvalue weighted by Crippen LogP contribution is -2.52. The molecule has 0 saturated carbocycles. The van der Waals surface area contributed by atoms with Crippen LogP contribution in [0.4, 0.5) is 29.3 Å². The van der Waals surface area contributed by atoms with Crippen molar-refractivity contribution in [2.24, 2.45) is 0 Å². The van der Waals surface area contributed by atoms with E-state index in [1.807, 2.05) is 19.1 Å². The fraction of sp³-hybridized carbons (Fsp3) is 0.231. The van der Waals surface area contributed by atoms with Gasteiger partial charge < -0.3 is 20.1 Å². The molecule has 0 spiro atoms. The Balaban J connectivity index is 1.52. The Morgan fingerprint density at radius 3 is 2.56 bits per heavy atom. The van der Waals surface area contributed by atoms with E-state index in [4.69, 9.17) is 9.47 Å². The van der Waals surface area contributed by atoms with Crippen LogP contribution in [0, 0.1) is 0 Å². The minimum Gasteiger partial charge on any atom is -0.497 e. The number of ether oxygens (including phenoxy) is 2. The number of halogens is 3. The van der Waals surface area contributed by atoms with Gasteiger partial charge in [0, 0.05) is 5.69 Å². The molecule has 188 valence electrons. The molecule has 3 aromatic rings. The fourth-order valence-electron chi connectivity index (χ4n) is 3.83. The first-order valence-electron chi connectivity index (χ1n) is 11.1. The molecule has 1 aliphatic rings. The van der Waals surface area contributed by atoms with Crippen LogP contribution in [0.2, 0.25) is 0 Å². The molecule has 1 aliphatic heterocycles. The molecule has 0 fully saturated rings. The van der Waals surface area contributed by atoms with Crippen LogP contribution in [0.5, 0.6) is 11.5 Å². The van der Waals surface area contributed by atoms with E-state index < -0.39 is 29.8 Å². The van der Waals surface area contributed by atoms with Gasteiger partial charge in [0.2, 0.25) is 0 Å². The van der Waals surface area contributed by atoms with Gasteiger partial charge in [0.05, 0.1) is 30.9 Å². The molecule has 0 aromatic heterocycles. The van der Waals surface area contributed by atoms with E-state index in [9.17, 15) is 22.8 Å². The van der Waals surface area contributed by atoms with Crippen molar-refractivity contribution in [1.29, 1.82) is 0 Å². The molecule has 1 heterocycles. The normalized spacial score (nSPS) is 15.8. The van der Waals surface area contributed by atoms with Crippen LogP contribution in [0.1, 0.15) is 24.1 Å². The lowest BCUT2D eigenvalue weighted by molar-refractivity contribution is -0.137. The zero-order valence-corrected chi connectivity index (χ0v) is 19.5. The van der Waals surface area contributed by atoms with Gasteiger partial charge in [0.1, 0.15) is 11.5 Å². The number of anilines is 2. The molecule has 2 atom stereocenters. The molecule has 0 radical (unpaired) electrons. The number of para-hydroxylation sites is 2. The van der Waals surface area contributed by atoms with Gasteiger partial charge in [0.15, 0.2) is 6.10 Å². The molecule has 36 heavy (non-hydrogen) atoms. The number of carbonyl (C=O) groups is 2. The lowest BCUT2D eigenvalue weighted by atomic mass is 10.1. The van der Waals surface area contributed by atoms with Crippen LogP contribution in [-0.2, 0) is 11.0 Å². The van der Waals surface area contributed by atoms with Crippen LogP contribution in [-0.4, -0.2) is 31.7 Å². The monoisotopic (exact) mass is 499 g/mol. The van der Waals surface area contributed by atoms with Crippen molar-refractivity contribution in [1.82, 2.24) is 5.32 Å². The Hall–Kier alpha value is -4.21. The van der Waals surface area contributed by atoms with Crippen LogP contribution >= 0.6 is 0 Å². The van der Waals surface area contributed by atoms with E-state index in [-0.39, 0.29) is 18.3 Å². The SMILES string of the molecule is COc1cccc([C@@H](C)NC(=O)C2CN(C(=O)Nc3cccc(C(F)(F)F)c3)c3ccccc3O2)c1. The molecule has 0 saturated heterocycles. The summed E-state index contributed by atoms with van der Waals surface area (Å²) in [5.41, 5.74) is 0.308. The number of rotatable bonds is 5. The zero-order chi connectivity index (χ0) is 25.9. The quantitative estimate of drug-likeness (QED) is 0.493. The van der Waals surface area contributed by atoms with E-state index in [1.54, 1.807) is 43.5 Å².